The molecule has 1 aromatic heterocycles. The van der Waals surface area contributed by atoms with Gasteiger partial charge in [-0.2, -0.15) is 0 Å². The predicted molar refractivity (Wildman–Crippen MR) is 79.9 cm³/mol. The summed E-state index contributed by atoms with van der Waals surface area (Å²) in [5.74, 6) is 0.739. The molecular weight excluding hydrogens is 282 g/mol. The molecule has 6 heteroatoms. The molecule has 2 N–H and O–H groups in total. The number of rotatable bonds is 5. The summed E-state index contributed by atoms with van der Waals surface area (Å²) < 4.78 is 0. The van der Waals surface area contributed by atoms with Crippen molar-refractivity contribution in [3.05, 3.63) is 11.2 Å². The van der Waals surface area contributed by atoms with Crippen molar-refractivity contribution in [3.8, 4) is 0 Å². The molecule has 0 spiro atoms. The van der Waals surface area contributed by atoms with Crippen LogP contribution in [0.2, 0.25) is 5.15 Å². The van der Waals surface area contributed by atoms with E-state index in [2.05, 4.69) is 15.3 Å². The van der Waals surface area contributed by atoms with Gasteiger partial charge in [-0.05, 0) is 19.1 Å². The minimum absolute atomic E-state index is 0.00476. The molecule has 0 aliphatic heterocycles. The van der Waals surface area contributed by atoms with Crippen LogP contribution < -0.4 is 5.32 Å². The van der Waals surface area contributed by atoms with E-state index in [1.54, 1.807) is 6.07 Å². The van der Waals surface area contributed by atoms with Gasteiger partial charge in [0.25, 0.3) is 0 Å². The summed E-state index contributed by atoms with van der Waals surface area (Å²) in [5, 5.41) is 14.1. The smallest absolute Gasteiger partial charge is 0.190 e. The minimum atomic E-state index is -0.00476. The second-order valence-electron chi connectivity index (χ2n) is 5.13. The Hall–Kier alpha value is -0.520. The van der Waals surface area contributed by atoms with Gasteiger partial charge >= 0.3 is 0 Å². The van der Waals surface area contributed by atoms with Crippen LogP contribution >= 0.6 is 23.4 Å². The number of aliphatic hydroxyl groups is 1. The van der Waals surface area contributed by atoms with Crippen LogP contribution in [0.3, 0.4) is 0 Å². The zero-order valence-electron chi connectivity index (χ0n) is 11.2. The van der Waals surface area contributed by atoms with Gasteiger partial charge < -0.3 is 10.4 Å². The summed E-state index contributed by atoms with van der Waals surface area (Å²) in [7, 11) is 0. The first kappa shape index (κ1) is 14.9. The van der Waals surface area contributed by atoms with E-state index >= 15 is 0 Å². The van der Waals surface area contributed by atoms with Crippen molar-refractivity contribution in [3.63, 3.8) is 0 Å². The highest BCUT2D eigenvalue weighted by Crippen LogP contribution is 2.36. The van der Waals surface area contributed by atoms with Crippen molar-refractivity contribution in [1.82, 2.24) is 9.97 Å². The van der Waals surface area contributed by atoms with E-state index in [9.17, 15) is 5.11 Å². The zero-order chi connectivity index (χ0) is 13.7. The SMILES string of the molecule is CSc1nc(Cl)cc(NCC2(CO)CCCCC2)n1. The fourth-order valence-corrected chi connectivity index (χ4v) is 3.16. The number of anilines is 1. The number of nitrogens with one attached hydrogen (secondary N) is 1. The van der Waals surface area contributed by atoms with E-state index in [-0.39, 0.29) is 12.0 Å². The van der Waals surface area contributed by atoms with Crippen molar-refractivity contribution in [1.29, 1.82) is 0 Å². The van der Waals surface area contributed by atoms with Crippen LogP contribution in [0.25, 0.3) is 0 Å². The van der Waals surface area contributed by atoms with Crippen molar-refractivity contribution in [2.24, 2.45) is 5.41 Å². The molecule has 2 rings (SSSR count). The maximum Gasteiger partial charge on any atom is 0.190 e. The Labute approximate surface area is 123 Å². The lowest BCUT2D eigenvalue weighted by atomic mass is 9.74. The number of hydrogen-bond acceptors (Lipinski definition) is 5. The van der Waals surface area contributed by atoms with E-state index in [1.807, 2.05) is 6.26 Å². The summed E-state index contributed by atoms with van der Waals surface area (Å²) in [5.41, 5.74) is -0.00476. The Kier molecular flexibility index (Phi) is 5.30. The second-order valence-corrected chi connectivity index (χ2v) is 6.30. The number of nitrogens with zero attached hydrogens (tertiary/aromatic N) is 2. The maximum atomic E-state index is 9.67. The molecule has 0 radical (unpaired) electrons. The molecule has 4 nitrogen and oxygen atoms in total. The van der Waals surface area contributed by atoms with Gasteiger partial charge in [-0.15, -0.1) is 0 Å². The Morgan fingerprint density at radius 2 is 2.11 bits per heavy atom. The zero-order valence-corrected chi connectivity index (χ0v) is 12.7. The van der Waals surface area contributed by atoms with Crippen LogP contribution in [0.15, 0.2) is 11.2 Å². The molecule has 0 atom stereocenters. The highest BCUT2D eigenvalue weighted by Gasteiger charge is 2.31. The molecule has 0 bridgehead atoms. The molecule has 1 aromatic rings. The summed E-state index contributed by atoms with van der Waals surface area (Å²) in [4.78, 5) is 8.49. The Bertz CT molecular complexity index is 424. The molecule has 0 aromatic carbocycles. The average Bonchev–Trinajstić information content (AvgIpc) is 2.45. The number of hydrogen-bond donors (Lipinski definition) is 2. The molecule has 1 saturated carbocycles. The number of aromatic nitrogens is 2. The molecule has 1 aliphatic rings. The van der Waals surface area contributed by atoms with Gasteiger partial charge in [0.2, 0.25) is 0 Å². The van der Waals surface area contributed by atoms with Gasteiger partial charge in [-0.1, -0.05) is 42.6 Å². The second kappa shape index (κ2) is 6.77. The lowest BCUT2D eigenvalue weighted by molar-refractivity contribution is 0.0943. The van der Waals surface area contributed by atoms with Crippen molar-refractivity contribution in [2.45, 2.75) is 37.3 Å². The molecule has 0 unspecified atom stereocenters. The lowest BCUT2D eigenvalue weighted by Gasteiger charge is -2.35. The van der Waals surface area contributed by atoms with Gasteiger partial charge in [0, 0.05) is 18.0 Å². The summed E-state index contributed by atoms with van der Waals surface area (Å²) in [6.45, 7) is 0.971. The quantitative estimate of drug-likeness (QED) is 0.497. The summed E-state index contributed by atoms with van der Waals surface area (Å²) in [6.07, 6.45) is 7.74. The normalized spacial score (nSPS) is 18.3. The molecule has 0 amide bonds. The van der Waals surface area contributed by atoms with Crippen molar-refractivity contribution >= 4 is 29.2 Å². The highest BCUT2D eigenvalue weighted by atomic mass is 35.5. The van der Waals surface area contributed by atoms with E-state index in [0.29, 0.717) is 10.3 Å². The third kappa shape index (κ3) is 3.97. The average molecular weight is 302 g/mol. The van der Waals surface area contributed by atoms with Crippen LogP contribution in [0.5, 0.6) is 0 Å². The molecule has 19 heavy (non-hydrogen) atoms. The van der Waals surface area contributed by atoms with Gasteiger partial charge in [0.15, 0.2) is 5.16 Å². The van der Waals surface area contributed by atoms with Crippen LogP contribution in [0.4, 0.5) is 5.82 Å². The van der Waals surface area contributed by atoms with Crippen molar-refractivity contribution < 1.29 is 5.11 Å². The van der Waals surface area contributed by atoms with E-state index in [4.69, 9.17) is 11.6 Å². The minimum Gasteiger partial charge on any atom is -0.396 e. The fourth-order valence-electron chi connectivity index (χ4n) is 2.55. The van der Waals surface area contributed by atoms with Crippen LogP contribution in [0.1, 0.15) is 32.1 Å². The first-order chi connectivity index (χ1) is 9.17. The number of halogens is 1. The lowest BCUT2D eigenvalue weighted by Crippen LogP contribution is -2.35. The first-order valence-electron chi connectivity index (χ1n) is 6.61. The monoisotopic (exact) mass is 301 g/mol. The van der Waals surface area contributed by atoms with E-state index < -0.39 is 0 Å². The predicted octanol–water partition coefficient (Wildman–Crippen LogP) is 3.21. The summed E-state index contributed by atoms with van der Waals surface area (Å²) >= 11 is 7.43. The maximum absolute atomic E-state index is 9.67. The molecule has 1 aliphatic carbocycles. The van der Waals surface area contributed by atoms with E-state index in [0.717, 1.165) is 25.2 Å². The standard InChI is InChI=1S/C13H20ClN3OS/c1-19-12-16-10(14)7-11(17-12)15-8-13(9-18)5-3-2-4-6-13/h7,18H,2-6,8-9H2,1H3,(H,15,16,17). The topological polar surface area (TPSA) is 58.0 Å². The third-order valence-corrected chi connectivity index (χ3v) is 4.49. The molecule has 106 valence electrons. The van der Waals surface area contributed by atoms with Crippen LogP contribution in [-0.4, -0.2) is 34.5 Å². The highest BCUT2D eigenvalue weighted by molar-refractivity contribution is 7.98. The van der Waals surface area contributed by atoms with Crippen LogP contribution in [0, 0.1) is 5.41 Å². The van der Waals surface area contributed by atoms with Gasteiger partial charge in [-0.25, -0.2) is 9.97 Å². The fraction of sp³-hybridized carbons (Fsp3) is 0.692. The third-order valence-electron chi connectivity index (χ3n) is 3.75. The molecule has 1 heterocycles. The molecular formula is C13H20ClN3OS. The number of aliphatic hydroxyl groups excluding tert-OH is 1. The summed E-state index contributed by atoms with van der Waals surface area (Å²) in [6, 6.07) is 1.73. The Balaban J connectivity index is 2.02. The van der Waals surface area contributed by atoms with Gasteiger partial charge in [0.05, 0.1) is 6.61 Å². The number of thioether (sulfide) groups is 1. The Morgan fingerprint density at radius 1 is 1.37 bits per heavy atom. The molecule has 0 saturated heterocycles. The van der Waals surface area contributed by atoms with E-state index in [1.165, 1.54) is 31.0 Å². The molecule has 1 fully saturated rings. The van der Waals surface area contributed by atoms with Crippen molar-refractivity contribution in [2.75, 3.05) is 24.7 Å². The first-order valence-corrected chi connectivity index (χ1v) is 8.21. The Morgan fingerprint density at radius 3 is 2.74 bits per heavy atom. The van der Waals surface area contributed by atoms with Gasteiger partial charge in [0.1, 0.15) is 11.0 Å². The van der Waals surface area contributed by atoms with Gasteiger partial charge in [-0.3, -0.25) is 0 Å². The van der Waals surface area contributed by atoms with Crippen LogP contribution in [-0.2, 0) is 0 Å². The largest absolute Gasteiger partial charge is 0.396 e.